The summed E-state index contributed by atoms with van der Waals surface area (Å²) in [5.74, 6) is -1.44. The van der Waals surface area contributed by atoms with Crippen LogP contribution in [0.3, 0.4) is 0 Å². The molecule has 9 heteroatoms. The van der Waals surface area contributed by atoms with Crippen molar-refractivity contribution in [2.75, 3.05) is 12.3 Å². The lowest BCUT2D eigenvalue weighted by Crippen LogP contribution is -2.53. The predicted molar refractivity (Wildman–Crippen MR) is 89.7 cm³/mol. The molecule has 2 atom stereocenters. The average molecular weight is 346 g/mol. The van der Waals surface area contributed by atoms with E-state index in [0.29, 0.717) is 25.8 Å². The van der Waals surface area contributed by atoms with E-state index in [4.69, 9.17) is 5.73 Å². The topological polar surface area (TPSA) is 130 Å². The van der Waals surface area contributed by atoms with E-state index < -0.39 is 23.9 Å². The molecule has 0 aromatic rings. The Balaban J connectivity index is 4.53. The Bertz CT molecular complexity index is 431. The molecule has 4 amide bonds. The van der Waals surface area contributed by atoms with Crippen molar-refractivity contribution >= 4 is 36.3 Å². The number of hydrogen-bond donors (Lipinski definition) is 5. The normalized spacial score (nSPS) is 12.8. The summed E-state index contributed by atoms with van der Waals surface area (Å²) in [7, 11) is 0. The zero-order valence-electron chi connectivity index (χ0n) is 13.6. The number of amides is 4. The van der Waals surface area contributed by atoms with Gasteiger partial charge in [0.15, 0.2) is 0 Å². The number of hydrogen-bond acceptors (Lipinski definition) is 5. The number of rotatable bonds is 11. The highest BCUT2D eigenvalue weighted by molar-refractivity contribution is 7.80. The van der Waals surface area contributed by atoms with Gasteiger partial charge >= 0.3 is 0 Å². The van der Waals surface area contributed by atoms with Gasteiger partial charge in [-0.25, -0.2) is 0 Å². The first-order valence-electron chi connectivity index (χ1n) is 7.56. The Hall–Kier alpha value is -1.77. The molecule has 0 saturated heterocycles. The molecule has 8 nitrogen and oxygen atoms in total. The summed E-state index contributed by atoms with van der Waals surface area (Å²) in [5, 5.41) is 7.76. The Morgan fingerprint density at radius 2 is 1.74 bits per heavy atom. The molecule has 23 heavy (non-hydrogen) atoms. The van der Waals surface area contributed by atoms with Gasteiger partial charge in [-0.3, -0.25) is 19.2 Å². The smallest absolute Gasteiger partial charge is 0.243 e. The van der Waals surface area contributed by atoms with E-state index in [1.807, 2.05) is 0 Å². The molecule has 0 aliphatic heterocycles. The van der Waals surface area contributed by atoms with Crippen LogP contribution in [0.5, 0.6) is 0 Å². The molecule has 0 rings (SSSR count). The number of carbonyl (C=O) groups is 4. The van der Waals surface area contributed by atoms with Crippen LogP contribution in [-0.4, -0.2) is 48.0 Å². The lowest BCUT2D eigenvalue weighted by molar-refractivity contribution is -0.131. The van der Waals surface area contributed by atoms with Crippen LogP contribution in [0.2, 0.25) is 0 Å². The molecular formula is C14H26N4O4S. The fourth-order valence-corrected chi connectivity index (χ4v) is 2.05. The number of unbranched alkanes of at least 4 members (excludes halogenated alkanes) is 1. The van der Waals surface area contributed by atoms with Crippen LogP contribution in [0.25, 0.3) is 0 Å². The van der Waals surface area contributed by atoms with Crippen molar-refractivity contribution in [3.05, 3.63) is 0 Å². The fourth-order valence-electron chi connectivity index (χ4n) is 1.78. The van der Waals surface area contributed by atoms with Crippen molar-refractivity contribution in [3.8, 4) is 0 Å². The van der Waals surface area contributed by atoms with Crippen LogP contribution in [0.4, 0.5) is 0 Å². The summed E-state index contributed by atoms with van der Waals surface area (Å²) < 4.78 is 0. The molecule has 0 aromatic heterocycles. The second-order valence-electron chi connectivity index (χ2n) is 5.10. The molecule has 0 fully saturated rings. The van der Waals surface area contributed by atoms with Gasteiger partial charge in [-0.15, -0.1) is 0 Å². The molecule has 0 bridgehead atoms. The number of carbonyl (C=O) groups excluding carboxylic acids is 4. The van der Waals surface area contributed by atoms with Gasteiger partial charge in [0, 0.05) is 25.6 Å². The maximum absolute atomic E-state index is 12.2. The van der Waals surface area contributed by atoms with E-state index in [9.17, 15) is 19.2 Å². The minimum atomic E-state index is -0.883. The van der Waals surface area contributed by atoms with Crippen LogP contribution in [0.15, 0.2) is 0 Å². The highest BCUT2D eigenvalue weighted by Crippen LogP contribution is 2.03. The first kappa shape index (κ1) is 21.2. The van der Waals surface area contributed by atoms with Gasteiger partial charge in [0.05, 0.1) is 0 Å². The van der Waals surface area contributed by atoms with Crippen molar-refractivity contribution in [2.45, 2.75) is 51.6 Å². The summed E-state index contributed by atoms with van der Waals surface area (Å²) in [6.45, 7) is 3.62. The first-order valence-corrected chi connectivity index (χ1v) is 8.19. The number of nitrogens with one attached hydrogen (secondary N) is 3. The van der Waals surface area contributed by atoms with Gasteiger partial charge in [0.1, 0.15) is 12.1 Å². The van der Waals surface area contributed by atoms with Crippen LogP contribution in [0, 0.1) is 0 Å². The molecule has 0 spiro atoms. The summed E-state index contributed by atoms with van der Waals surface area (Å²) >= 11 is 3.96. The standard InChI is InChI=1S/C14H26N4O4S/c1-3-12(20)17-10(6-4-5-7-16-9(2)19)14(22)18-11(8-23)13(15)21/h10-11,23H,3-8H2,1-2H3,(H2,15,21)(H,16,19)(H,17,20)(H,18,22)/t10-,11?/m1/s1. The van der Waals surface area contributed by atoms with E-state index in [-0.39, 0.29) is 24.0 Å². The molecule has 0 radical (unpaired) electrons. The molecule has 0 heterocycles. The molecule has 1 unspecified atom stereocenters. The number of nitrogens with two attached hydrogens (primary N) is 1. The number of primary amides is 1. The largest absolute Gasteiger partial charge is 0.368 e. The molecule has 0 aliphatic carbocycles. The maximum atomic E-state index is 12.2. The van der Waals surface area contributed by atoms with Crippen LogP contribution < -0.4 is 21.7 Å². The SMILES string of the molecule is CCC(=O)N[C@H](CCCCNC(C)=O)C(=O)NC(CS)C(N)=O. The van der Waals surface area contributed by atoms with Crippen molar-refractivity contribution in [2.24, 2.45) is 5.73 Å². The second-order valence-corrected chi connectivity index (χ2v) is 5.46. The predicted octanol–water partition coefficient (Wildman–Crippen LogP) is -0.912. The summed E-state index contributed by atoms with van der Waals surface area (Å²) in [6, 6.07) is -1.63. The van der Waals surface area contributed by atoms with Crippen molar-refractivity contribution in [1.82, 2.24) is 16.0 Å². The maximum Gasteiger partial charge on any atom is 0.243 e. The lowest BCUT2D eigenvalue weighted by Gasteiger charge is -2.21. The van der Waals surface area contributed by atoms with Gasteiger partial charge in [0.2, 0.25) is 23.6 Å². The quantitative estimate of drug-likeness (QED) is 0.245. The molecule has 0 aliphatic rings. The van der Waals surface area contributed by atoms with Crippen molar-refractivity contribution in [1.29, 1.82) is 0 Å². The Labute approximate surface area is 141 Å². The average Bonchev–Trinajstić information content (AvgIpc) is 2.49. The van der Waals surface area contributed by atoms with E-state index in [1.165, 1.54) is 6.92 Å². The third kappa shape index (κ3) is 9.77. The summed E-state index contributed by atoms with van der Waals surface area (Å²) in [6.07, 6.45) is 1.96. The van der Waals surface area contributed by atoms with E-state index in [1.54, 1.807) is 6.92 Å². The highest BCUT2D eigenvalue weighted by atomic mass is 32.1. The van der Waals surface area contributed by atoms with E-state index in [2.05, 4.69) is 28.6 Å². The zero-order valence-corrected chi connectivity index (χ0v) is 14.4. The number of thiol groups is 1. The van der Waals surface area contributed by atoms with Gasteiger partial charge < -0.3 is 21.7 Å². The molecule has 0 saturated carbocycles. The van der Waals surface area contributed by atoms with Crippen LogP contribution >= 0.6 is 12.6 Å². The Morgan fingerprint density at radius 3 is 2.22 bits per heavy atom. The second kappa shape index (κ2) is 11.8. The summed E-state index contributed by atoms with van der Waals surface area (Å²) in [4.78, 5) is 45.7. The third-order valence-corrected chi connectivity index (χ3v) is 3.47. The molecule has 5 N–H and O–H groups in total. The minimum absolute atomic E-state index is 0.0814. The van der Waals surface area contributed by atoms with Gasteiger partial charge in [-0.1, -0.05) is 6.92 Å². The van der Waals surface area contributed by atoms with Crippen molar-refractivity contribution in [3.63, 3.8) is 0 Å². The molecular weight excluding hydrogens is 320 g/mol. The zero-order chi connectivity index (χ0) is 17.8. The Kier molecular flexibility index (Phi) is 10.8. The minimum Gasteiger partial charge on any atom is -0.368 e. The third-order valence-electron chi connectivity index (χ3n) is 3.11. The molecule has 132 valence electrons. The van der Waals surface area contributed by atoms with Crippen LogP contribution in [0.1, 0.15) is 39.5 Å². The lowest BCUT2D eigenvalue weighted by atomic mass is 10.1. The fraction of sp³-hybridized carbons (Fsp3) is 0.714. The van der Waals surface area contributed by atoms with Gasteiger partial charge in [0.25, 0.3) is 0 Å². The summed E-state index contributed by atoms with van der Waals surface area (Å²) in [5.41, 5.74) is 5.16. The highest BCUT2D eigenvalue weighted by Gasteiger charge is 2.24. The van der Waals surface area contributed by atoms with E-state index in [0.717, 1.165) is 0 Å². The van der Waals surface area contributed by atoms with Crippen molar-refractivity contribution < 1.29 is 19.2 Å². The Morgan fingerprint density at radius 1 is 1.09 bits per heavy atom. The van der Waals surface area contributed by atoms with E-state index >= 15 is 0 Å². The monoisotopic (exact) mass is 346 g/mol. The first-order chi connectivity index (χ1) is 10.8. The van der Waals surface area contributed by atoms with Crippen LogP contribution in [-0.2, 0) is 19.2 Å². The van der Waals surface area contributed by atoms with Gasteiger partial charge in [-0.2, -0.15) is 12.6 Å². The van der Waals surface area contributed by atoms with Gasteiger partial charge in [-0.05, 0) is 19.3 Å². The molecule has 0 aromatic carbocycles.